The van der Waals surface area contributed by atoms with Gasteiger partial charge in [0.05, 0.1) is 11.1 Å². The molecule has 21 heavy (non-hydrogen) atoms. The van der Waals surface area contributed by atoms with Crippen molar-refractivity contribution in [2.45, 2.75) is 0 Å². The normalized spacial score (nSPS) is 11.0. The zero-order valence-electron chi connectivity index (χ0n) is 10.2. The first-order valence-electron chi connectivity index (χ1n) is 5.71. The van der Waals surface area contributed by atoms with Crippen molar-refractivity contribution in [1.29, 1.82) is 0 Å². The van der Waals surface area contributed by atoms with Crippen LogP contribution in [0.1, 0.15) is 10.4 Å². The second-order valence-corrected chi connectivity index (χ2v) is 4.23. The lowest BCUT2D eigenvalue weighted by Crippen LogP contribution is -2.05. The molecular weight excluding hydrogens is 287 g/mol. The molecule has 0 unspecified atom stereocenters. The molecule has 0 spiro atoms. The molecule has 0 saturated heterocycles. The molecule has 3 aromatic rings. The summed E-state index contributed by atoms with van der Waals surface area (Å²) in [5.41, 5.74) is -0.363. The minimum Gasteiger partial charge on any atom is -0.478 e. The topological polar surface area (TPSA) is 68.0 Å². The summed E-state index contributed by atoms with van der Waals surface area (Å²) in [5, 5.41) is 16.2. The van der Waals surface area contributed by atoms with E-state index in [-0.39, 0.29) is 16.6 Å². The fourth-order valence-electron chi connectivity index (χ4n) is 1.95. The van der Waals surface area contributed by atoms with Gasteiger partial charge in [0, 0.05) is 12.1 Å². The molecule has 0 aliphatic rings. The highest BCUT2D eigenvalue weighted by Gasteiger charge is 2.18. The maximum Gasteiger partial charge on any atom is 0.335 e. The van der Waals surface area contributed by atoms with Gasteiger partial charge in [0.15, 0.2) is 11.6 Å². The van der Waals surface area contributed by atoms with E-state index >= 15 is 0 Å². The number of benzene rings is 2. The van der Waals surface area contributed by atoms with E-state index in [0.717, 1.165) is 4.68 Å². The number of carboxylic acid groups (broad SMARTS) is 1. The lowest BCUT2D eigenvalue weighted by Gasteiger charge is -2.06. The second kappa shape index (κ2) is 4.58. The highest BCUT2D eigenvalue weighted by atomic mass is 19.1. The Labute approximate surface area is 115 Å². The Balaban J connectivity index is 2.30. The molecule has 0 atom stereocenters. The van der Waals surface area contributed by atoms with Gasteiger partial charge in [-0.05, 0) is 18.2 Å². The highest BCUT2D eigenvalue weighted by molar-refractivity contribution is 5.92. The van der Waals surface area contributed by atoms with Crippen molar-refractivity contribution in [3.63, 3.8) is 0 Å². The maximum absolute atomic E-state index is 13.8. The molecule has 0 bridgehead atoms. The molecule has 0 saturated carbocycles. The summed E-state index contributed by atoms with van der Waals surface area (Å²) >= 11 is 0. The SMILES string of the molecule is O=C(O)c1ccc2nnn(-c3c(F)cc(F)cc3F)c2c1. The molecule has 0 aliphatic heterocycles. The number of aromatic carboxylic acids is 1. The number of nitrogens with zero attached hydrogens (tertiary/aromatic N) is 3. The summed E-state index contributed by atoms with van der Waals surface area (Å²) in [4.78, 5) is 10.9. The zero-order valence-corrected chi connectivity index (χ0v) is 10.2. The number of carbonyl (C=O) groups is 1. The summed E-state index contributed by atoms with van der Waals surface area (Å²) in [6, 6.07) is 4.85. The van der Waals surface area contributed by atoms with Gasteiger partial charge in [-0.1, -0.05) is 5.21 Å². The van der Waals surface area contributed by atoms with E-state index < -0.39 is 29.1 Å². The second-order valence-electron chi connectivity index (χ2n) is 4.23. The number of rotatable bonds is 2. The molecule has 5 nitrogen and oxygen atoms in total. The molecule has 3 rings (SSSR count). The minimum absolute atomic E-state index is 0.0889. The lowest BCUT2D eigenvalue weighted by molar-refractivity contribution is 0.0697. The summed E-state index contributed by atoms with van der Waals surface area (Å²) in [5.74, 6) is -4.60. The van der Waals surface area contributed by atoms with Gasteiger partial charge in [-0.2, -0.15) is 0 Å². The predicted molar refractivity (Wildman–Crippen MR) is 65.7 cm³/mol. The molecule has 2 aromatic carbocycles. The molecule has 0 fully saturated rings. The highest BCUT2D eigenvalue weighted by Crippen LogP contribution is 2.23. The number of hydrogen-bond donors (Lipinski definition) is 1. The Hall–Kier alpha value is -2.90. The van der Waals surface area contributed by atoms with Crippen LogP contribution in [0.25, 0.3) is 16.7 Å². The number of fused-ring (bicyclic) bond motifs is 1. The van der Waals surface area contributed by atoms with Crippen LogP contribution in [-0.2, 0) is 0 Å². The smallest absolute Gasteiger partial charge is 0.335 e. The van der Waals surface area contributed by atoms with Gasteiger partial charge in [-0.15, -0.1) is 5.10 Å². The van der Waals surface area contributed by atoms with E-state index in [1.54, 1.807) is 0 Å². The van der Waals surface area contributed by atoms with Crippen LogP contribution in [-0.4, -0.2) is 26.1 Å². The fraction of sp³-hybridized carbons (Fsp3) is 0. The van der Waals surface area contributed by atoms with Crippen LogP contribution in [0, 0.1) is 17.5 Å². The number of aromatic nitrogens is 3. The first kappa shape index (κ1) is 13.1. The molecule has 106 valence electrons. The third-order valence-electron chi connectivity index (χ3n) is 2.89. The Morgan fingerprint density at radius 2 is 1.76 bits per heavy atom. The molecule has 1 N–H and O–H groups in total. The summed E-state index contributed by atoms with van der Waals surface area (Å²) in [6.45, 7) is 0. The van der Waals surface area contributed by atoms with Crippen LogP contribution in [0.4, 0.5) is 13.2 Å². The quantitative estimate of drug-likeness (QED) is 0.788. The Morgan fingerprint density at radius 3 is 2.38 bits per heavy atom. The van der Waals surface area contributed by atoms with Crippen molar-refractivity contribution in [1.82, 2.24) is 15.0 Å². The minimum atomic E-state index is -1.20. The van der Waals surface area contributed by atoms with Crippen LogP contribution in [0.3, 0.4) is 0 Å². The van der Waals surface area contributed by atoms with Crippen LogP contribution < -0.4 is 0 Å². The van der Waals surface area contributed by atoms with Crippen molar-refractivity contribution < 1.29 is 23.1 Å². The van der Waals surface area contributed by atoms with Gasteiger partial charge < -0.3 is 5.11 Å². The molecule has 0 radical (unpaired) electrons. The number of carboxylic acids is 1. The molecule has 1 heterocycles. The largest absolute Gasteiger partial charge is 0.478 e. The predicted octanol–water partition coefficient (Wildman–Crippen LogP) is 2.54. The van der Waals surface area contributed by atoms with Gasteiger partial charge in [0.25, 0.3) is 0 Å². The van der Waals surface area contributed by atoms with Crippen molar-refractivity contribution in [2.75, 3.05) is 0 Å². The maximum atomic E-state index is 13.8. The van der Waals surface area contributed by atoms with E-state index in [2.05, 4.69) is 10.3 Å². The van der Waals surface area contributed by atoms with Gasteiger partial charge in [0.2, 0.25) is 0 Å². The molecule has 1 aromatic heterocycles. The Kier molecular flexibility index (Phi) is 2.86. The van der Waals surface area contributed by atoms with E-state index in [4.69, 9.17) is 5.11 Å². The lowest BCUT2D eigenvalue weighted by atomic mass is 10.2. The zero-order chi connectivity index (χ0) is 15.1. The van der Waals surface area contributed by atoms with Crippen LogP contribution >= 0.6 is 0 Å². The summed E-state index contributed by atoms with van der Waals surface area (Å²) in [7, 11) is 0. The Morgan fingerprint density at radius 1 is 1.10 bits per heavy atom. The van der Waals surface area contributed by atoms with Crippen molar-refractivity contribution >= 4 is 17.0 Å². The molecule has 8 heteroatoms. The first-order chi connectivity index (χ1) is 9.97. The molecule has 0 amide bonds. The number of hydrogen-bond acceptors (Lipinski definition) is 3. The van der Waals surface area contributed by atoms with Crippen molar-refractivity contribution in [3.8, 4) is 5.69 Å². The summed E-state index contributed by atoms with van der Waals surface area (Å²) < 4.78 is 41.3. The van der Waals surface area contributed by atoms with E-state index in [1.165, 1.54) is 18.2 Å². The first-order valence-corrected chi connectivity index (χ1v) is 5.71. The van der Waals surface area contributed by atoms with Gasteiger partial charge in [-0.3, -0.25) is 0 Å². The van der Waals surface area contributed by atoms with Crippen LogP contribution in [0.15, 0.2) is 30.3 Å². The van der Waals surface area contributed by atoms with Crippen LogP contribution in [0.5, 0.6) is 0 Å². The molecule has 0 aliphatic carbocycles. The van der Waals surface area contributed by atoms with E-state index in [0.29, 0.717) is 12.1 Å². The van der Waals surface area contributed by atoms with Gasteiger partial charge in [-0.25, -0.2) is 22.6 Å². The van der Waals surface area contributed by atoms with E-state index in [1.807, 2.05) is 0 Å². The van der Waals surface area contributed by atoms with Crippen molar-refractivity contribution in [3.05, 3.63) is 53.3 Å². The standard InChI is InChI=1S/C13H6F3N3O2/c14-7-4-8(15)12(9(16)5-7)19-11-3-6(13(20)21)1-2-10(11)17-18-19/h1-5H,(H,20,21). The van der Waals surface area contributed by atoms with Crippen LogP contribution in [0.2, 0.25) is 0 Å². The molecular formula is C13H6F3N3O2. The van der Waals surface area contributed by atoms with Gasteiger partial charge in [0.1, 0.15) is 17.0 Å². The number of halogens is 3. The van der Waals surface area contributed by atoms with E-state index in [9.17, 15) is 18.0 Å². The monoisotopic (exact) mass is 293 g/mol. The summed E-state index contributed by atoms with van der Waals surface area (Å²) in [6.07, 6.45) is 0. The average molecular weight is 293 g/mol. The van der Waals surface area contributed by atoms with Gasteiger partial charge >= 0.3 is 5.97 Å². The third kappa shape index (κ3) is 2.10. The van der Waals surface area contributed by atoms with Crippen molar-refractivity contribution in [2.24, 2.45) is 0 Å². The third-order valence-corrected chi connectivity index (χ3v) is 2.89. The fourth-order valence-corrected chi connectivity index (χ4v) is 1.95. The average Bonchev–Trinajstić information content (AvgIpc) is 2.80. The Bertz CT molecular complexity index is 853.